The highest BCUT2D eigenvalue weighted by atomic mass is 19.1. The van der Waals surface area contributed by atoms with Gasteiger partial charge >= 0.3 is 0 Å². The molecule has 0 radical (unpaired) electrons. The van der Waals surface area contributed by atoms with Gasteiger partial charge in [-0.15, -0.1) is 6.58 Å². The van der Waals surface area contributed by atoms with E-state index in [0.29, 0.717) is 0 Å². The van der Waals surface area contributed by atoms with E-state index in [1.807, 2.05) is 0 Å². The molecule has 0 rings (SSSR count). The number of rotatable bonds is 2. The summed E-state index contributed by atoms with van der Waals surface area (Å²) < 4.78 is 11.4. The molecule has 0 aromatic rings. The fourth-order valence-electron chi connectivity index (χ4n) is 0.159. The van der Waals surface area contributed by atoms with Gasteiger partial charge in [0.15, 0.2) is 6.30 Å². The molecule has 2 N–H and O–H groups in total. The number of alkyl halides is 1. The summed E-state index contributed by atoms with van der Waals surface area (Å²) in [6.45, 7) is 3.28. The normalized spacial score (nSPS) is 13.7. The molecular formula is C4H8FN. The fraction of sp³-hybridized carbons (Fsp3) is 0.500. The van der Waals surface area contributed by atoms with E-state index in [9.17, 15) is 4.39 Å². The first kappa shape index (κ1) is 5.63. The van der Waals surface area contributed by atoms with Gasteiger partial charge < -0.3 is 5.73 Å². The van der Waals surface area contributed by atoms with Crippen molar-refractivity contribution in [3.8, 4) is 0 Å². The standard InChI is InChI=1S/C4H8FN/c1-2-3-4(5)6/h2,4H,1,3,6H2. The molecule has 6 heavy (non-hydrogen) atoms. The van der Waals surface area contributed by atoms with Crippen LogP contribution in [0.3, 0.4) is 0 Å². The van der Waals surface area contributed by atoms with Gasteiger partial charge in [-0.05, 0) is 0 Å². The Kier molecular flexibility index (Phi) is 2.67. The number of nitrogens with two attached hydrogens (primary N) is 1. The molecule has 0 aliphatic heterocycles. The highest BCUT2D eigenvalue weighted by molar-refractivity contribution is 4.68. The highest BCUT2D eigenvalue weighted by Crippen LogP contribution is 1.85. The molecule has 0 aliphatic carbocycles. The summed E-state index contributed by atoms with van der Waals surface area (Å²) in [5.41, 5.74) is 4.66. The van der Waals surface area contributed by atoms with Crippen molar-refractivity contribution < 1.29 is 4.39 Å². The number of halogens is 1. The van der Waals surface area contributed by atoms with Gasteiger partial charge in [-0.3, -0.25) is 0 Å². The second kappa shape index (κ2) is 2.85. The molecule has 0 aromatic carbocycles. The molecule has 1 nitrogen and oxygen atoms in total. The Morgan fingerprint density at radius 3 is 2.50 bits per heavy atom. The molecule has 0 aliphatic rings. The molecule has 2 heteroatoms. The third-order valence-electron chi connectivity index (χ3n) is 0.392. The van der Waals surface area contributed by atoms with E-state index in [1.165, 1.54) is 6.08 Å². The Bertz CT molecular complexity index is 42.8. The monoisotopic (exact) mass is 89.1 g/mol. The summed E-state index contributed by atoms with van der Waals surface area (Å²) in [5.74, 6) is 0. The largest absolute Gasteiger partial charge is 0.301 e. The maximum absolute atomic E-state index is 11.4. The SMILES string of the molecule is C=CCC(N)F. The van der Waals surface area contributed by atoms with Crippen molar-refractivity contribution in [2.45, 2.75) is 12.7 Å². The lowest BCUT2D eigenvalue weighted by Gasteiger charge is -1.89. The van der Waals surface area contributed by atoms with Crippen LogP contribution in [-0.2, 0) is 0 Å². The van der Waals surface area contributed by atoms with Gasteiger partial charge in [0.25, 0.3) is 0 Å². The van der Waals surface area contributed by atoms with Gasteiger partial charge in [0.05, 0.1) is 0 Å². The summed E-state index contributed by atoms with van der Waals surface area (Å²) in [6, 6.07) is 0. The Hall–Kier alpha value is -0.370. The molecule has 1 unspecified atom stereocenters. The van der Waals surface area contributed by atoms with Gasteiger partial charge in [0.1, 0.15) is 0 Å². The van der Waals surface area contributed by atoms with Gasteiger partial charge in [-0.2, -0.15) is 0 Å². The van der Waals surface area contributed by atoms with Crippen LogP contribution < -0.4 is 5.73 Å². The molecule has 0 saturated carbocycles. The van der Waals surface area contributed by atoms with E-state index in [4.69, 9.17) is 0 Å². The van der Waals surface area contributed by atoms with Gasteiger partial charge in [0, 0.05) is 6.42 Å². The average Bonchev–Trinajstić information content (AvgIpc) is 1.35. The van der Waals surface area contributed by atoms with E-state index in [0.717, 1.165) is 0 Å². The van der Waals surface area contributed by atoms with Crippen molar-refractivity contribution >= 4 is 0 Å². The van der Waals surface area contributed by atoms with E-state index >= 15 is 0 Å². The van der Waals surface area contributed by atoms with Crippen molar-refractivity contribution in [2.75, 3.05) is 0 Å². The Balaban J connectivity index is 2.81. The summed E-state index contributed by atoms with van der Waals surface area (Å²) in [6.07, 6.45) is 0.479. The lowest BCUT2D eigenvalue weighted by Crippen LogP contribution is -2.10. The molecule has 0 amide bonds. The topological polar surface area (TPSA) is 26.0 Å². The first-order chi connectivity index (χ1) is 2.77. The smallest absolute Gasteiger partial charge is 0.152 e. The maximum Gasteiger partial charge on any atom is 0.152 e. The molecule has 0 heterocycles. The Labute approximate surface area is 36.6 Å². The minimum atomic E-state index is -1.22. The van der Waals surface area contributed by atoms with E-state index in [2.05, 4.69) is 12.3 Å². The van der Waals surface area contributed by atoms with Crippen LogP contribution >= 0.6 is 0 Å². The molecule has 0 spiro atoms. The highest BCUT2D eigenvalue weighted by Gasteiger charge is 1.87. The predicted molar refractivity (Wildman–Crippen MR) is 23.9 cm³/mol. The van der Waals surface area contributed by atoms with Crippen LogP contribution in [0.2, 0.25) is 0 Å². The Morgan fingerprint density at radius 1 is 2.00 bits per heavy atom. The zero-order valence-electron chi connectivity index (χ0n) is 3.52. The lowest BCUT2D eigenvalue weighted by molar-refractivity contribution is 0.348. The van der Waals surface area contributed by atoms with Crippen molar-refractivity contribution in [1.29, 1.82) is 0 Å². The van der Waals surface area contributed by atoms with Crippen LogP contribution in [0.1, 0.15) is 6.42 Å². The summed E-state index contributed by atoms with van der Waals surface area (Å²) in [5, 5.41) is 0. The quantitative estimate of drug-likeness (QED) is 0.393. The van der Waals surface area contributed by atoms with E-state index in [-0.39, 0.29) is 6.42 Å². The van der Waals surface area contributed by atoms with Crippen LogP contribution in [0.4, 0.5) is 4.39 Å². The van der Waals surface area contributed by atoms with Crippen LogP contribution in [0.5, 0.6) is 0 Å². The molecule has 36 valence electrons. The average molecular weight is 89.1 g/mol. The van der Waals surface area contributed by atoms with Crippen molar-refractivity contribution in [3.63, 3.8) is 0 Å². The first-order valence-electron chi connectivity index (χ1n) is 1.78. The minimum absolute atomic E-state index is 0.250. The fourth-order valence-corrected chi connectivity index (χ4v) is 0.159. The van der Waals surface area contributed by atoms with Crippen LogP contribution in [0, 0.1) is 0 Å². The van der Waals surface area contributed by atoms with Gasteiger partial charge in [-0.25, -0.2) is 4.39 Å². The van der Waals surface area contributed by atoms with Crippen molar-refractivity contribution in [3.05, 3.63) is 12.7 Å². The van der Waals surface area contributed by atoms with Crippen molar-refractivity contribution in [2.24, 2.45) is 5.73 Å². The number of hydrogen-bond donors (Lipinski definition) is 1. The summed E-state index contributed by atoms with van der Waals surface area (Å²) >= 11 is 0. The van der Waals surface area contributed by atoms with Gasteiger partial charge in [0.2, 0.25) is 0 Å². The zero-order valence-corrected chi connectivity index (χ0v) is 3.52. The van der Waals surface area contributed by atoms with Crippen LogP contribution in [0.25, 0.3) is 0 Å². The Morgan fingerprint density at radius 2 is 2.50 bits per heavy atom. The van der Waals surface area contributed by atoms with Gasteiger partial charge in [-0.1, -0.05) is 6.08 Å². The zero-order chi connectivity index (χ0) is 4.99. The molecule has 0 bridgehead atoms. The predicted octanol–water partition coefficient (Wildman–Crippen LogP) is 0.817. The molecular weight excluding hydrogens is 81.0 g/mol. The lowest BCUT2D eigenvalue weighted by atomic mass is 10.4. The van der Waals surface area contributed by atoms with Crippen LogP contribution in [0.15, 0.2) is 12.7 Å². The first-order valence-corrected chi connectivity index (χ1v) is 1.78. The third kappa shape index (κ3) is 3.63. The third-order valence-corrected chi connectivity index (χ3v) is 0.392. The maximum atomic E-state index is 11.4. The molecule has 1 atom stereocenters. The second-order valence-electron chi connectivity index (χ2n) is 1.04. The summed E-state index contributed by atoms with van der Waals surface area (Å²) in [4.78, 5) is 0. The number of hydrogen-bond acceptors (Lipinski definition) is 1. The minimum Gasteiger partial charge on any atom is -0.301 e. The summed E-state index contributed by atoms with van der Waals surface area (Å²) in [7, 11) is 0. The van der Waals surface area contributed by atoms with Crippen molar-refractivity contribution in [1.82, 2.24) is 0 Å². The second-order valence-corrected chi connectivity index (χ2v) is 1.04. The van der Waals surface area contributed by atoms with E-state index < -0.39 is 6.30 Å². The molecule has 0 fully saturated rings. The van der Waals surface area contributed by atoms with E-state index in [1.54, 1.807) is 0 Å². The molecule has 0 saturated heterocycles. The molecule has 0 aromatic heterocycles. The van der Waals surface area contributed by atoms with Crippen LogP contribution in [-0.4, -0.2) is 6.30 Å².